The molecule has 1 aromatic heterocycles. The van der Waals surface area contributed by atoms with E-state index < -0.39 is 0 Å². The average molecular weight is 342 g/mol. The second-order valence-electron chi connectivity index (χ2n) is 6.67. The van der Waals surface area contributed by atoms with Crippen molar-refractivity contribution in [3.63, 3.8) is 0 Å². The summed E-state index contributed by atoms with van der Waals surface area (Å²) in [5, 5.41) is 0. The molecular formula is C18H23FN6. The van der Waals surface area contributed by atoms with Gasteiger partial charge in [0, 0.05) is 57.2 Å². The van der Waals surface area contributed by atoms with Gasteiger partial charge < -0.3 is 4.90 Å². The summed E-state index contributed by atoms with van der Waals surface area (Å²) in [4.78, 5) is 13.3. The van der Waals surface area contributed by atoms with Gasteiger partial charge in [-0.15, -0.1) is 0 Å². The first-order chi connectivity index (χ1) is 12.3. The fourth-order valence-electron chi connectivity index (χ4n) is 3.58. The number of halogens is 1. The molecule has 6 nitrogen and oxygen atoms in total. The lowest BCUT2D eigenvalue weighted by Crippen LogP contribution is -2.50. The molecule has 2 aliphatic rings. The van der Waals surface area contributed by atoms with E-state index in [9.17, 15) is 4.39 Å². The van der Waals surface area contributed by atoms with Crippen LogP contribution in [-0.4, -0.2) is 53.6 Å². The lowest BCUT2D eigenvalue weighted by Gasteiger charge is -2.35. The van der Waals surface area contributed by atoms with Gasteiger partial charge in [0.05, 0.1) is 0 Å². The molecule has 0 radical (unpaired) electrons. The zero-order valence-corrected chi connectivity index (χ0v) is 14.1. The first kappa shape index (κ1) is 16.4. The van der Waals surface area contributed by atoms with Crippen molar-refractivity contribution in [2.45, 2.75) is 18.5 Å². The largest absolute Gasteiger partial charge is 0.338 e. The van der Waals surface area contributed by atoms with Gasteiger partial charge in [-0.3, -0.25) is 10.3 Å². The zero-order chi connectivity index (χ0) is 17.1. The molecule has 3 heterocycles. The van der Waals surface area contributed by atoms with E-state index in [2.05, 4.69) is 30.6 Å². The predicted octanol–water partition coefficient (Wildman–Crippen LogP) is 1.35. The summed E-state index contributed by atoms with van der Waals surface area (Å²) in [7, 11) is 0. The number of nitrogens with zero attached hydrogens (tertiary/aromatic N) is 4. The summed E-state index contributed by atoms with van der Waals surface area (Å²) < 4.78 is 13.4. The van der Waals surface area contributed by atoms with Crippen molar-refractivity contribution in [3.05, 3.63) is 54.1 Å². The fraction of sp³-hybridized carbons (Fsp3) is 0.444. The quantitative estimate of drug-likeness (QED) is 0.875. The Bertz CT molecular complexity index is 689. The molecule has 0 spiro atoms. The van der Waals surface area contributed by atoms with Crippen molar-refractivity contribution in [1.82, 2.24) is 25.7 Å². The Morgan fingerprint density at radius 3 is 2.60 bits per heavy atom. The second-order valence-corrected chi connectivity index (χ2v) is 6.67. The monoisotopic (exact) mass is 342 g/mol. The number of benzene rings is 1. The van der Waals surface area contributed by atoms with Crippen molar-refractivity contribution >= 4 is 5.95 Å². The van der Waals surface area contributed by atoms with E-state index in [1.54, 1.807) is 24.5 Å². The molecule has 2 fully saturated rings. The Morgan fingerprint density at radius 2 is 1.84 bits per heavy atom. The van der Waals surface area contributed by atoms with Crippen LogP contribution in [0.3, 0.4) is 0 Å². The van der Waals surface area contributed by atoms with Gasteiger partial charge in [-0.2, -0.15) is 0 Å². The number of piperazine rings is 1. The van der Waals surface area contributed by atoms with E-state index in [0.717, 1.165) is 50.7 Å². The Balaban J connectivity index is 1.27. The van der Waals surface area contributed by atoms with Crippen molar-refractivity contribution in [2.75, 3.05) is 37.6 Å². The van der Waals surface area contributed by atoms with Crippen LogP contribution < -0.4 is 15.8 Å². The average Bonchev–Trinajstić information content (AvgIpc) is 3.12. The Morgan fingerprint density at radius 1 is 1.04 bits per heavy atom. The highest BCUT2D eigenvalue weighted by Gasteiger charge is 2.28. The molecule has 0 aliphatic carbocycles. The fourth-order valence-corrected chi connectivity index (χ4v) is 3.58. The third kappa shape index (κ3) is 3.95. The molecule has 0 amide bonds. The van der Waals surface area contributed by atoms with E-state index in [1.807, 2.05) is 12.1 Å². The van der Waals surface area contributed by atoms with Crippen molar-refractivity contribution < 1.29 is 4.39 Å². The first-order valence-electron chi connectivity index (χ1n) is 8.79. The summed E-state index contributed by atoms with van der Waals surface area (Å²) in [6, 6.07) is 9.22. The van der Waals surface area contributed by atoms with Gasteiger partial charge in [0.1, 0.15) is 5.82 Å². The Labute approximate surface area is 147 Å². The van der Waals surface area contributed by atoms with E-state index in [1.165, 1.54) is 6.07 Å². The van der Waals surface area contributed by atoms with Gasteiger partial charge >= 0.3 is 0 Å². The number of rotatable bonds is 4. The van der Waals surface area contributed by atoms with Crippen LogP contribution in [0.1, 0.15) is 18.0 Å². The molecule has 2 aromatic rings. The van der Waals surface area contributed by atoms with Crippen LogP contribution in [0.15, 0.2) is 42.7 Å². The highest BCUT2D eigenvalue weighted by atomic mass is 19.1. The SMILES string of the molecule is Fc1cccc(C2CC(CN3CCN(c4ncccn4)CC3)NN2)c1. The molecule has 2 aliphatic heterocycles. The number of hydrazine groups is 1. The molecule has 2 saturated heterocycles. The van der Waals surface area contributed by atoms with E-state index >= 15 is 0 Å². The van der Waals surface area contributed by atoms with Crippen LogP contribution in [-0.2, 0) is 0 Å². The minimum Gasteiger partial charge on any atom is -0.338 e. The van der Waals surface area contributed by atoms with Crippen LogP contribution in [0.2, 0.25) is 0 Å². The minimum absolute atomic E-state index is 0.166. The molecular weight excluding hydrogens is 319 g/mol. The van der Waals surface area contributed by atoms with Crippen molar-refractivity contribution in [1.29, 1.82) is 0 Å². The number of aromatic nitrogens is 2. The first-order valence-corrected chi connectivity index (χ1v) is 8.79. The highest BCUT2D eigenvalue weighted by Crippen LogP contribution is 2.23. The normalized spacial score (nSPS) is 24.6. The molecule has 0 saturated carbocycles. The number of hydrogen-bond donors (Lipinski definition) is 2. The van der Waals surface area contributed by atoms with E-state index in [0.29, 0.717) is 6.04 Å². The molecule has 25 heavy (non-hydrogen) atoms. The molecule has 132 valence electrons. The van der Waals surface area contributed by atoms with Crippen LogP contribution in [0.25, 0.3) is 0 Å². The summed E-state index contributed by atoms with van der Waals surface area (Å²) in [5.74, 6) is 0.635. The summed E-state index contributed by atoms with van der Waals surface area (Å²) in [6.45, 7) is 4.87. The smallest absolute Gasteiger partial charge is 0.225 e. The van der Waals surface area contributed by atoms with Gasteiger partial charge in [-0.25, -0.2) is 19.8 Å². The lowest BCUT2D eigenvalue weighted by molar-refractivity contribution is 0.232. The summed E-state index contributed by atoms with van der Waals surface area (Å²) >= 11 is 0. The third-order valence-corrected chi connectivity index (χ3v) is 4.92. The maximum Gasteiger partial charge on any atom is 0.225 e. The van der Waals surface area contributed by atoms with Gasteiger partial charge in [-0.05, 0) is 30.2 Å². The van der Waals surface area contributed by atoms with E-state index in [-0.39, 0.29) is 11.9 Å². The molecule has 2 N–H and O–H groups in total. The maximum absolute atomic E-state index is 13.4. The third-order valence-electron chi connectivity index (χ3n) is 4.92. The standard InChI is InChI=1S/C18H23FN6/c19-15-4-1-3-14(11-15)17-12-16(22-23-17)13-24-7-9-25(10-8-24)18-20-5-2-6-21-18/h1-6,11,16-17,22-23H,7-10,12-13H2. The topological polar surface area (TPSA) is 56.3 Å². The van der Waals surface area contributed by atoms with Crippen LogP contribution >= 0.6 is 0 Å². The highest BCUT2D eigenvalue weighted by molar-refractivity contribution is 5.29. The number of hydrogen-bond acceptors (Lipinski definition) is 6. The number of nitrogens with one attached hydrogen (secondary N) is 2. The van der Waals surface area contributed by atoms with Crippen molar-refractivity contribution in [3.8, 4) is 0 Å². The lowest BCUT2D eigenvalue weighted by atomic mass is 10.0. The molecule has 0 bridgehead atoms. The van der Waals surface area contributed by atoms with Crippen molar-refractivity contribution in [2.24, 2.45) is 0 Å². The van der Waals surface area contributed by atoms with Gasteiger partial charge in [-0.1, -0.05) is 12.1 Å². The van der Waals surface area contributed by atoms with Crippen LogP contribution in [0.4, 0.5) is 10.3 Å². The molecule has 2 atom stereocenters. The molecule has 7 heteroatoms. The van der Waals surface area contributed by atoms with Gasteiger partial charge in [0.15, 0.2) is 0 Å². The Kier molecular flexibility index (Phi) is 4.87. The van der Waals surface area contributed by atoms with Gasteiger partial charge in [0.2, 0.25) is 5.95 Å². The van der Waals surface area contributed by atoms with E-state index in [4.69, 9.17) is 0 Å². The van der Waals surface area contributed by atoms with Crippen LogP contribution in [0.5, 0.6) is 0 Å². The number of anilines is 1. The molecule has 1 aromatic carbocycles. The second kappa shape index (κ2) is 7.43. The molecule has 4 rings (SSSR count). The maximum atomic E-state index is 13.4. The predicted molar refractivity (Wildman–Crippen MR) is 94.5 cm³/mol. The summed E-state index contributed by atoms with van der Waals surface area (Å²) in [6.07, 6.45) is 4.54. The van der Waals surface area contributed by atoms with Crippen LogP contribution in [0, 0.1) is 5.82 Å². The Hall–Kier alpha value is -2.09. The molecule has 2 unspecified atom stereocenters. The van der Waals surface area contributed by atoms with Gasteiger partial charge in [0.25, 0.3) is 0 Å². The minimum atomic E-state index is -0.179. The zero-order valence-electron chi connectivity index (χ0n) is 14.1. The summed E-state index contributed by atoms with van der Waals surface area (Å²) in [5.41, 5.74) is 7.66.